The fourth-order valence-corrected chi connectivity index (χ4v) is 1.52. The first-order valence-electron chi connectivity index (χ1n) is 4.55. The van der Waals surface area contributed by atoms with Crippen molar-refractivity contribution in [1.29, 1.82) is 5.26 Å². The van der Waals surface area contributed by atoms with Crippen LogP contribution in [0, 0.1) is 11.3 Å². The Bertz CT molecular complexity index is 443. The number of hydrogen-bond donors (Lipinski definition) is 0. The summed E-state index contributed by atoms with van der Waals surface area (Å²) in [4.78, 5) is 12.3. The van der Waals surface area contributed by atoms with Gasteiger partial charge in [0.2, 0.25) is 0 Å². The SMILES string of the molecule is COC(=O)/C(C#N)=C/c1ccc(SC)cc1. The van der Waals surface area contributed by atoms with Gasteiger partial charge in [-0.05, 0) is 30.0 Å². The zero-order valence-corrected chi connectivity index (χ0v) is 9.88. The molecule has 0 aliphatic carbocycles. The number of rotatable bonds is 3. The lowest BCUT2D eigenvalue weighted by Gasteiger charge is -1.98. The number of carbonyl (C=O) groups is 1. The third kappa shape index (κ3) is 3.14. The molecule has 1 aromatic rings. The fraction of sp³-hybridized carbons (Fsp3) is 0.167. The molecule has 0 saturated carbocycles. The second-order valence-electron chi connectivity index (χ2n) is 2.93. The van der Waals surface area contributed by atoms with E-state index in [1.807, 2.05) is 36.6 Å². The highest BCUT2D eigenvalue weighted by Gasteiger charge is 2.07. The van der Waals surface area contributed by atoms with Crippen LogP contribution >= 0.6 is 11.8 Å². The van der Waals surface area contributed by atoms with E-state index < -0.39 is 5.97 Å². The Labute approximate surface area is 98.7 Å². The van der Waals surface area contributed by atoms with Crippen LogP contribution in [0.3, 0.4) is 0 Å². The Morgan fingerprint density at radius 2 is 2.06 bits per heavy atom. The lowest BCUT2D eigenvalue weighted by molar-refractivity contribution is -0.135. The van der Waals surface area contributed by atoms with Gasteiger partial charge in [-0.1, -0.05) is 12.1 Å². The van der Waals surface area contributed by atoms with Gasteiger partial charge in [-0.2, -0.15) is 5.26 Å². The van der Waals surface area contributed by atoms with Gasteiger partial charge in [0.05, 0.1) is 7.11 Å². The summed E-state index contributed by atoms with van der Waals surface area (Å²) in [6.07, 6.45) is 3.50. The molecule has 0 spiro atoms. The number of thioether (sulfide) groups is 1. The molecule has 0 radical (unpaired) electrons. The molecule has 3 nitrogen and oxygen atoms in total. The summed E-state index contributed by atoms with van der Waals surface area (Å²) in [6.45, 7) is 0. The van der Waals surface area contributed by atoms with Gasteiger partial charge in [-0.15, -0.1) is 11.8 Å². The van der Waals surface area contributed by atoms with Gasteiger partial charge in [-0.3, -0.25) is 0 Å². The van der Waals surface area contributed by atoms with E-state index in [0.29, 0.717) is 0 Å². The predicted octanol–water partition coefficient (Wildman–Crippen LogP) is 2.49. The quantitative estimate of drug-likeness (QED) is 0.348. The topological polar surface area (TPSA) is 50.1 Å². The van der Waals surface area contributed by atoms with Crippen LogP contribution in [0.15, 0.2) is 34.7 Å². The van der Waals surface area contributed by atoms with Crippen molar-refractivity contribution in [2.24, 2.45) is 0 Å². The third-order valence-electron chi connectivity index (χ3n) is 1.95. The largest absolute Gasteiger partial charge is 0.465 e. The van der Waals surface area contributed by atoms with E-state index in [-0.39, 0.29) is 5.57 Å². The smallest absolute Gasteiger partial charge is 0.348 e. The van der Waals surface area contributed by atoms with Gasteiger partial charge in [0.1, 0.15) is 11.6 Å². The van der Waals surface area contributed by atoms with Crippen molar-refractivity contribution in [3.63, 3.8) is 0 Å². The molecule has 0 heterocycles. The van der Waals surface area contributed by atoms with Crippen LogP contribution < -0.4 is 0 Å². The van der Waals surface area contributed by atoms with Crippen molar-refractivity contribution in [3.05, 3.63) is 35.4 Å². The molecule has 0 unspecified atom stereocenters. The van der Waals surface area contributed by atoms with Crippen LogP contribution in [-0.2, 0) is 9.53 Å². The fourth-order valence-electron chi connectivity index (χ4n) is 1.11. The summed E-state index contributed by atoms with van der Waals surface area (Å²) in [7, 11) is 1.25. The standard InChI is InChI=1S/C12H11NO2S/c1-15-12(14)10(8-13)7-9-3-5-11(16-2)6-4-9/h3-7H,1-2H3/b10-7+. The number of methoxy groups -OCH3 is 1. The molecular weight excluding hydrogens is 222 g/mol. The summed E-state index contributed by atoms with van der Waals surface area (Å²) in [6, 6.07) is 9.38. The average molecular weight is 233 g/mol. The number of esters is 1. The molecule has 1 rings (SSSR count). The summed E-state index contributed by atoms with van der Waals surface area (Å²) < 4.78 is 4.49. The molecule has 0 N–H and O–H groups in total. The van der Waals surface area contributed by atoms with E-state index >= 15 is 0 Å². The maximum atomic E-state index is 11.2. The van der Waals surface area contributed by atoms with Crippen molar-refractivity contribution in [1.82, 2.24) is 0 Å². The molecule has 82 valence electrons. The lowest BCUT2D eigenvalue weighted by Crippen LogP contribution is -2.02. The van der Waals surface area contributed by atoms with Gasteiger partial charge in [0.25, 0.3) is 0 Å². The summed E-state index contributed by atoms with van der Waals surface area (Å²) >= 11 is 1.64. The highest BCUT2D eigenvalue weighted by molar-refractivity contribution is 7.98. The summed E-state index contributed by atoms with van der Waals surface area (Å²) in [5.41, 5.74) is 0.805. The van der Waals surface area contributed by atoms with E-state index in [4.69, 9.17) is 5.26 Å². The number of nitriles is 1. The Balaban J connectivity index is 2.96. The Kier molecular flexibility index (Phi) is 4.62. The highest BCUT2D eigenvalue weighted by Crippen LogP contribution is 2.16. The monoisotopic (exact) mass is 233 g/mol. The lowest BCUT2D eigenvalue weighted by atomic mass is 10.1. The van der Waals surface area contributed by atoms with Crippen LogP contribution in [0.5, 0.6) is 0 Å². The first-order chi connectivity index (χ1) is 7.71. The minimum absolute atomic E-state index is 0.000554. The highest BCUT2D eigenvalue weighted by atomic mass is 32.2. The molecule has 0 amide bonds. The minimum Gasteiger partial charge on any atom is -0.465 e. The molecule has 0 fully saturated rings. The Morgan fingerprint density at radius 1 is 1.44 bits per heavy atom. The molecule has 1 aromatic carbocycles. The third-order valence-corrected chi connectivity index (χ3v) is 2.70. The molecule has 0 saturated heterocycles. The van der Waals surface area contributed by atoms with Crippen LogP contribution in [0.2, 0.25) is 0 Å². The van der Waals surface area contributed by atoms with Crippen LogP contribution in [0.1, 0.15) is 5.56 Å². The first kappa shape index (κ1) is 12.3. The van der Waals surface area contributed by atoms with Crippen LogP contribution in [-0.4, -0.2) is 19.3 Å². The van der Waals surface area contributed by atoms with Gasteiger partial charge < -0.3 is 4.74 Å². The van der Waals surface area contributed by atoms with Crippen molar-refractivity contribution in [2.75, 3.05) is 13.4 Å². The van der Waals surface area contributed by atoms with Crippen molar-refractivity contribution in [2.45, 2.75) is 4.90 Å². The second kappa shape index (κ2) is 5.99. The molecule has 0 aliphatic heterocycles. The number of carbonyl (C=O) groups excluding carboxylic acids is 1. The van der Waals surface area contributed by atoms with E-state index in [0.717, 1.165) is 10.5 Å². The molecule has 0 aliphatic rings. The number of hydrogen-bond acceptors (Lipinski definition) is 4. The second-order valence-corrected chi connectivity index (χ2v) is 3.81. The van der Waals surface area contributed by atoms with Gasteiger partial charge in [0.15, 0.2) is 0 Å². The number of ether oxygens (including phenoxy) is 1. The summed E-state index contributed by atoms with van der Waals surface area (Å²) in [5.74, 6) is -0.614. The normalized spacial score (nSPS) is 10.7. The molecule has 16 heavy (non-hydrogen) atoms. The van der Waals surface area contributed by atoms with Gasteiger partial charge in [-0.25, -0.2) is 4.79 Å². The van der Waals surface area contributed by atoms with E-state index in [2.05, 4.69) is 4.74 Å². The average Bonchev–Trinajstić information content (AvgIpc) is 2.35. The van der Waals surface area contributed by atoms with E-state index in [9.17, 15) is 4.79 Å². The van der Waals surface area contributed by atoms with Crippen LogP contribution in [0.4, 0.5) is 0 Å². The number of nitrogens with zero attached hydrogens (tertiary/aromatic N) is 1. The maximum Gasteiger partial charge on any atom is 0.348 e. The minimum atomic E-state index is -0.614. The predicted molar refractivity (Wildman–Crippen MR) is 63.8 cm³/mol. The number of benzene rings is 1. The van der Waals surface area contributed by atoms with Crippen molar-refractivity contribution < 1.29 is 9.53 Å². The Morgan fingerprint density at radius 3 is 2.50 bits per heavy atom. The van der Waals surface area contributed by atoms with Gasteiger partial charge in [0, 0.05) is 4.90 Å². The summed E-state index contributed by atoms with van der Waals surface area (Å²) in [5, 5.41) is 8.77. The van der Waals surface area contributed by atoms with Crippen LogP contribution in [0.25, 0.3) is 6.08 Å². The molecular formula is C12H11NO2S. The molecule has 0 aromatic heterocycles. The van der Waals surface area contributed by atoms with E-state index in [1.54, 1.807) is 11.8 Å². The zero-order chi connectivity index (χ0) is 12.0. The van der Waals surface area contributed by atoms with Crippen molar-refractivity contribution in [3.8, 4) is 6.07 Å². The molecule has 0 bridgehead atoms. The maximum absolute atomic E-state index is 11.2. The first-order valence-corrected chi connectivity index (χ1v) is 5.78. The molecule has 0 atom stereocenters. The van der Waals surface area contributed by atoms with Gasteiger partial charge >= 0.3 is 5.97 Å². The Hall–Kier alpha value is -1.73. The van der Waals surface area contributed by atoms with Crippen molar-refractivity contribution >= 4 is 23.8 Å². The van der Waals surface area contributed by atoms with E-state index in [1.165, 1.54) is 13.2 Å². The molecule has 4 heteroatoms. The zero-order valence-electron chi connectivity index (χ0n) is 9.06.